The summed E-state index contributed by atoms with van der Waals surface area (Å²) in [6, 6.07) is 8.65. The molecule has 0 spiro atoms. The van der Waals surface area contributed by atoms with Crippen molar-refractivity contribution in [3.63, 3.8) is 0 Å². The molecule has 0 saturated heterocycles. The number of carbonyl (C=O) groups is 2. The Bertz CT molecular complexity index is 661. The summed E-state index contributed by atoms with van der Waals surface area (Å²) in [4.78, 5) is 24.4. The van der Waals surface area contributed by atoms with Gasteiger partial charge in [-0.1, -0.05) is 27.7 Å². The van der Waals surface area contributed by atoms with Crippen LogP contribution < -0.4 is 10.1 Å². The lowest BCUT2D eigenvalue weighted by atomic mass is 9.90. The zero-order valence-corrected chi connectivity index (χ0v) is 16.3. The first kappa shape index (κ1) is 21.5. The normalized spacial score (nSPS) is 14.3. The van der Waals surface area contributed by atoms with Crippen LogP contribution in [0.3, 0.4) is 0 Å². The van der Waals surface area contributed by atoms with Crippen LogP contribution in [0.25, 0.3) is 0 Å². The molecule has 6 heteroatoms. The van der Waals surface area contributed by atoms with Crippen LogP contribution in [-0.2, 0) is 9.53 Å². The lowest BCUT2D eigenvalue weighted by Crippen LogP contribution is -2.52. The molecule has 0 heterocycles. The lowest BCUT2D eigenvalue weighted by Gasteiger charge is -2.28. The van der Waals surface area contributed by atoms with Gasteiger partial charge in [-0.3, -0.25) is 4.79 Å². The number of ether oxygens (including phenoxy) is 2. The van der Waals surface area contributed by atoms with E-state index in [1.807, 2.05) is 13.8 Å². The van der Waals surface area contributed by atoms with Crippen molar-refractivity contribution in [2.24, 2.45) is 11.8 Å². The van der Waals surface area contributed by atoms with E-state index in [1.54, 1.807) is 31.2 Å². The second-order valence-corrected chi connectivity index (χ2v) is 7.23. The van der Waals surface area contributed by atoms with Gasteiger partial charge in [-0.05, 0) is 49.9 Å². The molecular formula is C20H28N2O4. The van der Waals surface area contributed by atoms with E-state index in [0.29, 0.717) is 23.8 Å². The number of hydrogen-bond donors (Lipinski definition) is 1. The summed E-state index contributed by atoms with van der Waals surface area (Å²) >= 11 is 0. The second-order valence-electron chi connectivity index (χ2n) is 7.23. The van der Waals surface area contributed by atoms with E-state index in [2.05, 4.69) is 25.2 Å². The summed E-state index contributed by atoms with van der Waals surface area (Å²) < 4.78 is 10.8. The topological polar surface area (TPSA) is 88.4 Å². The number of rotatable bonds is 8. The smallest absolute Gasteiger partial charge is 0.338 e. The van der Waals surface area contributed by atoms with Crippen LogP contribution in [0, 0.1) is 23.2 Å². The average molecular weight is 360 g/mol. The molecule has 0 aliphatic carbocycles. The predicted octanol–water partition coefficient (Wildman–Crippen LogP) is 3.32. The third-order valence-corrected chi connectivity index (χ3v) is 4.10. The van der Waals surface area contributed by atoms with Gasteiger partial charge in [0.25, 0.3) is 5.91 Å². The van der Waals surface area contributed by atoms with E-state index in [-0.39, 0.29) is 5.92 Å². The fourth-order valence-corrected chi connectivity index (χ4v) is 1.89. The monoisotopic (exact) mass is 360 g/mol. The number of esters is 1. The third kappa shape index (κ3) is 6.07. The van der Waals surface area contributed by atoms with Gasteiger partial charge in [0.05, 0.1) is 18.2 Å². The second kappa shape index (κ2) is 9.23. The highest BCUT2D eigenvalue weighted by atomic mass is 16.5. The molecule has 2 unspecified atom stereocenters. The molecular weight excluding hydrogens is 332 g/mol. The maximum absolute atomic E-state index is 12.2. The predicted molar refractivity (Wildman–Crippen MR) is 98.7 cm³/mol. The molecule has 0 saturated carbocycles. The van der Waals surface area contributed by atoms with Crippen LogP contribution in [0.1, 0.15) is 51.9 Å². The molecule has 0 aliphatic rings. The molecule has 1 aromatic carbocycles. The van der Waals surface area contributed by atoms with E-state index in [4.69, 9.17) is 9.47 Å². The number of carbonyl (C=O) groups excluding carboxylic acids is 2. The molecule has 2 atom stereocenters. The molecule has 0 bridgehead atoms. The third-order valence-electron chi connectivity index (χ3n) is 4.10. The van der Waals surface area contributed by atoms with Crippen molar-refractivity contribution in [1.29, 1.82) is 5.26 Å². The van der Waals surface area contributed by atoms with Gasteiger partial charge in [0.1, 0.15) is 11.3 Å². The van der Waals surface area contributed by atoms with Crippen LogP contribution in [0.2, 0.25) is 0 Å². The van der Waals surface area contributed by atoms with Crippen molar-refractivity contribution in [3.05, 3.63) is 29.8 Å². The lowest BCUT2D eigenvalue weighted by molar-refractivity contribution is -0.130. The summed E-state index contributed by atoms with van der Waals surface area (Å²) in [5, 5.41) is 11.9. The molecule has 1 amide bonds. The SMILES string of the molecule is CC(C)COc1ccc(C(=O)OC(C)C(=O)NC(C)(C#N)C(C)C)cc1. The molecule has 1 aromatic rings. The molecule has 0 aromatic heterocycles. The van der Waals surface area contributed by atoms with Crippen LogP contribution in [0.15, 0.2) is 24.3 Å². The highest BCUT2D eigenvalue weighted by Crippen LogP contribution is 2.17. The summed E-state index contributed by atoms with van der Waals surface area (Å²) in [5.41, 5.74) is -0.693. The van der Waals surface area contributed by atoms with Gasteiger partial charge in [-0.15, -0.1) is 0 Å². The van der Waals surface area contributed by atoms with Crippen molar-refractivity contribution in [2.75, 3.05) is 6.61 Å². The van der Waals surface area contributed by atoms with Crippen LogP contribution in [-0.4, -0.2) is 30.1 Å². The number of amides is 1. The Morgan fingerprint density at radius 2 is 1.73 bits per heavy atom. The van der Waals surface area contributed by atoms with Gasteiger partial charge in [0, 0.05) is 0 Å². The number of nitrogens with one attached hydrogen (secondary N) is 1. The zero-order chi connectivity index (χ0) is 19.9. The summed E-state index contributed by atoms with van der Waals surface area (Å²) in [7, 11) is 0. The summed E-state index contributed by atoms with van der Waals surface area (Å²) in [6.45, 7) is 11.5. The largest absolute Gasteiger partial charge is 0.493 e. The number of benzene rings is 1. The Morgan fingerprint density at radius 3 is 2.19 bits per heavy atom. The summed E-state index contributed by atoms with van der Waals surface area (Å²) in [5.74, 6) is -0.122. The zero-order valence-electron chi connectivity index (χ0n) is 16.3. The van der Waals surface area contributed by atoms with Crippen molar-refractivity contribution >= 4 is 11.9 Å². The first-order valence-electron chi connectivity index (χ1n) is 8.76. The van der Waals surface area contributed by atoms with E-state index < -0.39 is 23.5 Å². The van der Waals surface area contributed by atoms with Crippen LogP contribution in [0.5, 0.6) is 5.75 Å². The van der Waals surface area contributed by atoms with E-state index >= 15 is 0 Å². The minimum absolute atomic E-state index is 0.0854. The minimum Gasteiger partial charge on any atom is -0.493 e. The van der Waals surface area contributed by atoms with Gasteiger partial charge in [0.2, 0.25) is 0 Å². The molecule has 142 valence electrons. The molecule has 0 radical (unpaired) electrons. The Hall–Kier alpha value is -2.55. The molecule has 1 rings (SSSR count). The Labute approximate surface area is 155 Å². The van der Waals surface area contributed by atoms with Gasteiger partial charge in [-0.2, -0.15) is 5.26 Å². The number of hydrogen-bond acceptors (Lipinski definition) is 5. The highest BCUT2D eigenvalue weighted by molar-refractivity contribution is 5.92. The molecule has 26 heavy (non-hydrogen) atoms. The number of nitrogens with zero attached hydrogens (tertiary/aromatic N) is 1. The van der Waals surface area contributed by atoms with Gasteiger partial charge < -0.3 is 14.8 Å². The first-order chi connectivity index (χ1) is 12.1. The van der Waals surface area contributed by atoms with Crippen molar-refractivity contribution in [2.45, 2.75) is 53.2 Å². The van der Waals surface area contributed by atoms with Crippen molar-refractivity contribution in [3.8, 4) is 11.8 Å². The fourth-order valence-electron chi connectivity index (χ4n) is 1.89. The van der Waals surface area contributed by atoms with E-state index in [1.165, 1.54) is 6.92 Å². The Morgan fingerprint density at radius 1 is 1.15 bits per heavy atom. The molecule has 0 aliphatic heterocycles. The number of nitriles is 1. The first-order valence-corrected chi connectivity index (χ1v) is 8.76. The van der Waals surface area contributed by atoms with E-state index in [9.17, 15) is 14.9 Å². The quantitative estimate of drug-likeness (QED) is 0.719. The van der Waals surface area contributed by atoms with Crippen molar-refractivity contribution in [1.82, 2.24) is 5.32 Å². The highest BCUT2D eigenvalue weighted by Gasteiger charge is 2.32. The van der Waals surface area contributed by atoms with Gasteiger partial charge >= 0.3 is 5.97 Å². The maximum atomic E-state index is 12.2. The minimum atomic E-state index is -1.02. The maximum Gasteiger partial charge on any atom is 0.338 e. The Kier molecular flexibility index (Phi) is 7.63. The molecule has 6 nitrogen and oxygen atoms in total. The van der Waals surface area contributed by atoms with Gasteiger partial charge in [0.15, 0.2) is 6.10 Å². The standard InChI is InChI=1S/C20H28N2O4/c1-13(2)11-25-17-9-7-16(8-10-17)19(24)26-15(5)18(23)22-20(6,12-21)14(3)4/h7-10,13-15H,11H2,1-6H3,(H,22,23). The Balaban J connectivity index is 2.66. The molecule has 0 fully saturated rings. The fraction of sp³-hybridized carbons (Fsp3) is 0.550. The van der Waals surface area contributed by atoms with Crippen molar-refractivity contribution < 1.29 is 19.1 Å². The van der Waals surface area contributed by atoms with Crippen LogP contribution in [0.4, 0.5) is 0 Å². The average Bonchev–Trinajstić information content (AvgIpc) is 2.59. The molecule has 1 N–H and O–H groups in total. The van der Waals surface area contributed by atoms with Gasteiger partial charge in [-0.25, -0.2) is 4.79 Å². The summed E-state index contributed by atoms with van der Waals surface area (Å²) in [6.07, 6.45) is -1.01. The van der Waals surface area contributed by atoms with Crippen LogP contribution >= 0.6 is 0 Å². The van der Waals surface area contributed by atoms with E-state index in [0.717, 1.165) is 0 Å².